The van der Waals surface area contributed by atoms with Crippen LogP contribution in [0.2, 0.25) is 0 Å². The second-order valence-electron chi connectivity index (χ2n) is 4.53. The SMILES string of the molecule is COC1CCCN(c2ccc(C(=N)N)cc2F)C1. The number of ether oxygens (including phenoxy) is 1. The highest BCUT2D eigenvalue weighted by molar-refractivity contribution is 5.95. The van der Waals surface area contributed by atoms with Crippen LogP contribution in [0.15, 0.2) is 18.2 Å². The first-order chi connectivity index (χ1) is 8.61. The van der Waals surface area contributed by atoms with Gasteiger partial charge in [-0.1, -0.05) is 0 Å². The van der Waals surface area contributed by atoms with Gasteiger partial charge < -0.3 is 15.4 Å². The summed E-state index contributed by atoms with van der Waals surface area (Å²) in [5.41, 5.74) is 6.31. The monoisotopic (exact) mass is 251 g/mol. The van der Waals surface area contributed by atoms with Gasteiger partial charge in [0.2, 0.25) is 0 Å². The molecule has 0 aromatic heterocycles. The zero-order chi connectivity index (χ0) is 13.1. The maximum Gasteiger partial charge on any atom is 0.147 e. The standard InChI is InChI=1S/C13H18FN3O/c1-18-10-3-2-6-17(8-10)12-5-4-9(13(15)16)7-11(12)14/h4-5,7,10H,2-3,6,8H2,1H3,(H3,15,16). The van der Waals surface area contributed by atoms with Crippen LogP contribution in [0.4, 0.5) is 10.1 Å². The molecule has 0 spiro atoms. The summed E-state index contributed by atoms with van der Waals surface area (Å²) >= 11 is 0. The van der Waals surface area contributed by atoms with Crippen LogP contribution >= 0.6 is 0 Å². The van der Waals surface area contributed by atoms with Crippen LogP contribution in [0.1, 0.15) is 18.4 Å². The summed E-state index contributed by atoms with van der Waals surface area (Å²) in [6, 6.07) is 4.68. The van der Waals surface area contributed by atoms with E-state index in [0.29, 0.717) is 17.8 Å². The number of nitrogens with two attached hydrogens (primary N) is 1. The van der Waals surface area contributed by atoms with E-state index in [1.54, 1.807) is 19.2 Å². The molecule has 1 saturated heterocycles. The smallest absolute Gasteiger partial charge is 0.147 e. The Balaban J connectivity index is 2.20. The van der Waals surface area contributed by atoms with Gasteiger partial charge in [0.15, 0.2) is 0 Å². The molecule has 2 rings (SSSR count). The summed E-state index contributed by atoms with van der Waals surface area (Å²) in [5, 5.41) is 7.29. The Morgan fingerprint density at radius 2 is 2.33 bits per heavy atom. The molecule has 1 aromatic rings. The van der Waals surface area contributed by atoms with Gasteiger partial charge in [-0.05, 0) is 31.0 Å². The maximum atomic E-state index is 14.0. The van der Waals surface area contributed by atoms with E-state index < -0.39 is 0 Å². The highest BCUT2D eigenvalue weighted by Gasteiger charge is 2.21. The van der Waals surface area contributed by atoms with Gasteiger partial charge in [0.1, 0.15) is 11.7 Å². The summed E-state index contributed by atoms with van der Waals surface area (Å²) < 4.78 is 19.3. The summed E-state index contributed by atoms with van der Waals surface area (Å²) in [6.45, 7) is 1.53. The van der Waals surface area contributed by atoms with E-state index >= 15 is 0 Å². The van der Waals surface area contributed by atoms with E-state index in [1.807, 2.05) is 4.90 Å². The molecule has 0 saturated carbocycles. The Kier molecular flexibility index (Phi) is 3.81. The van der Waals surface area contributed by atoms with E-state index in [1.165, 1.54) is 6.07 Å². The van der Waals surface area contributed by atoms with Crippen molar-refractivity contribution >= 4 is 11.5 Å². The highest BCUT2D eigenvalue weighted by Crippen LogP contribution is 2.24. The number of rotatable bonds is 3. The summed E-state index contributed by atoms with van der Waals surface area (Å²) in [4.78, 5) is 1.98. The molecule has 1 heterocycles. The maximum absolute atomic E-state index is 14.0. The lowest BCUT2D eigenvalue weighted by Crippen LogP contribution is -2.39. The van der Waals surface area contributed by atoms with Crippen LogP contribution in [-0.2, 0) is 4.74 Å². The van der Waals surface area contributed by atoms with Crippen LogP contribution in [0.3, 0.4) is 0 Å². The van der Waals surface area contributed by atoms with E-state index in [-0.39, 0.29) is 17.8 Å². The molecule has 98 valence electrons. The number of amidine groups is 1. The molecule has 1 aromatic carbocycles. The molecule has 0 bridgehead atoms. The lowest BCUT2D eigenvalue weighted by Gasteiger charge is -2.33. The summed E-state index contributed by atoms with van der Waals surface area (Å²) in [6.07, 6.45) is 2.16. The lowest BCUT2D eigenvalue weighted by atomic mass is 10.1. The molecule has 1 unspecified atom stereocenters. The predicted molar refractivity (Wildman–Crippen MR) is 69.7 cm³/mol. The summed E-state index contributed by atoms with van der Waals surface area (Å²) in [5.74, 6) is -0.451. The molecule has 1 fully saturated rings. The normalized spacial score (nSPS) is 19.9. The second-order valence-corrected chi connectivity index (χ2v) is 4.53. The zero-order valence-electron chi connectivity index (χ0n) is 10.4. The van der Waals surface area contributed by atoms with Gasteiger partial charge in [-0.15, -0.1) is 0 Å². The Morgan fingerprint density at radius 1 is 1.56 bits per heavy atom. The highest BCUT2D eigenvalue weighted by atomic mass is 19.1. The molecule has 5 heteroatoms. The van der Waals surface area contributed by atoms with Crippen molar-refractivity contribution in [2.45, 2.75) is 18.9 Å². The van der Waals surface area contributed by atoms with Crippen LogP contribution in [0.25, 0.3) is 0 Å². The average molecular weight is 251 g/mol. The van der Waals surface area contributed by atoms with Crippen molar-refractivity contribution in [3.05, 3.63) is 29.6 Å². The molecular formula is C13H18FN3O. The third kappa shape index (κ3) is 2.61. The molecular weight excluding hydrogens is 233 g/mol. The molecule has 0 amide bonds. The number of nitrogens with one attached hydrogen (secondary N) is 1. The van der Waals surface area contributed by atoms with Crippen molar-refractivity contribution in [1.29, 1.82) is 5.41 Å². The second kappa shape index (κ2) is 5.35. The number of anilines is 1. The molecule has 4 nitrogen and oxygen atoms in total. The van der Waals surface area contributed by atoms with Gasteiger partial charge in [-0.25, -0.2) is 4.39 Å². The third-order valence-electron chi connectivity index (χ3n) is 3.31. The molecule has 1 atom stereocenters. The fourth-order valence-corrected chi connectivity index (χ4v) is 2.28. The van der Waals surface area contributed by atoms with Gasteiger partial charge in [0.25, 0.3) is 0 Å². The number of nitrogen functional groups attached to an aromatic ring is 1. The zero-order valence-corrected chi connectivity index (χ0v) is 10.4. The predicted octanol–water partition coefficient (Wildman–Crippen LogP) is 1.72. The van der Waals surface area contributed by atoms with Crippen molar-refractivity contribution in [3.8, 4) is 0 Å². The van der Waals surface area contributed by atoms with Crippen molar-refractivity contribution in [2.24, 2.45) is 5.73 Å². The van der Waals surface area contributed by atoms with Gasteiger partial charge in [-0.3, -0.25) is 5.41 Å². The number of piperidine rings is 1. The minimum absolute atomic E-state index is 0.117. The van der Waals surface area contributed by atoms with Crippen molar-refractivity contribution < 1.29 is 9.13 Å². The molecule has 0 radical (unpaired) electrons. The fourth-order valence-electron chi connectivity index (χ4n) is 2.28. The van der Waals surface area contributed by atoms with Gasteiger partial charge in [0, 0.05) is 25.8 Å². The lowest BCUT2D eigenvalue weighted by molar-refractivity contribution is 0.0892. The molecule has 0 aliphatic carbocycles. The Bertz CT molecular complexity index is 450. The minimum atomic E-state index is -0.334. The number of halogens is 1. The Hall–Kier alpha value is -1.62. The first-order valence-corrected chi connectivity index (χ1v) is 6.03. The summed E-state index contributed by atoms with van der Waals surface area (Å²) in [7, 11) is 1.68. The van der Waals surface area contributed by atoms with Gasteiger partial charge >= 0.3 is 0 Å². The average Bonchev–Trinajstić information content (AvgIpc) is 2.38. The van der Waals surface area contributed by atoms with Crippen LogP contribution < -0.4 is 10.6 Å². The molecule has 3 N–H and O–H groups in total. The van der Waals surface area contributed by atoms with E-state index in [2.05, 4.69) is 0 Å². The van der Waals surface area contributed by atoms with Crippen LogP contribution in [0.5, 0.6) is 0 Å². The third-order valence-corrected chi connectivity index (χ3v) is 3.31. The molecule has 18 heavy (non-hydrogen) atoms. The number of hydrogen-bond acceptors (Lipinski definition) is 3. The van der Waals surface area contributed by atoms with E-state index in [0.717, 1.165) is 19.4 Å². The van der Waals surface area contributed by atoms with E-state index in [4.69, 9.17) is 15.9 Å². The van der Waals surface area contributed by atoms with Crippen LogP contribution in [0, 0.1) is 11.2 Å². The fraction of sp³-hybridized carbons (Fsp3) is 0.462. The first kappa shape index (κ1) is 12.8. The van der Waals surface area contributed by atoms with Crippen molar-refractivity contribution in [2.75, 3.05) is 25.1 Å². The number of hydrogen-bond donors (Lipinski definition) is 2. The quantitative estimate of drug-likeness (QED) is 0.635. The number of benzene rings is 1. The van der Waals surface area contributed by atoms with Crippen LogP contribution in [-0.4, -0.2) is 32.1 Å². The molecule has 1 aliphatic heterocycles. The van der Waals surface area contributed by atoms with E-state index in [9.17, 15) is 4.39 Å². The first-order valence-electron chi connectivity index (χ1n) is 6.03. The Labute approximate surface area is 106 Å². The molecule has 1 aliphatic rings. The van der Waals surface area contributed by atoms with Gasteiger partial charge in [0.05, 0.1) is 11.8 Å². The van der Waals surface area contributed by atoms with Gasteiger partial charge in [-0.2, -0.15) is 0 Å². The number of nitrogens with zero attached hydrogens (tertiary/aromatic N) is 1. The van der Waals surface area contributed by atoms with Crippen molar-refractivity contribution in [3.63, 3.8) is 0 Å². The number of methoxy groups -OCH3 is 1. The largest absolute Gasteiger partial charge is 0.384 e. The Morgan fingerprint density at radius 3 is 2.94 bits per heavy atom. The van der Waals surface area contributed by atoms with Crippen molar-refractivity contribution in [1.82, 2.24) is 0 Å². The minimum Gasteiger partial charge on any atom is -0.384 e. The topological polar surface area (TPSA) is 62.3 Å².